The molecule has 0 saturated carbocycles. The Bertz CT molecular complexity index is 1590. The maximum atomic E-state index is 14.0. The molecule has 3 aromatic carbocycles. The second-order valence-electron chi connectivity index (χ2n) is 9.86. The number of hydrogen-bond donors (Lipinski definition) is 0. The molecule has 6 nitrogen and oxygen atoms in total. The normalized spacial score (nSPS) is 14.7. The maximum absolute atomic E-state index is 14.0. The SMILES string of the molecule is CCCCOc1ccc(C2c3c(oc4cc(C)c(C)cc4c3=O)C(=O)N2c2cccc(C)c2)cc1OCC. The molecule has 1 atom stereocenters. The summed E-state index contributed by atoms with van der Waals surface area (Å²) in [5.74, 6) is 0.975. The van der Waals surface area contributed by atoms with Gasteiger partial charge in [-0.05, 0) is 92.8 Å². The predicted molar refractivity (Wildman–Crippen MR) is 150 cm³/mol. The highest BCUT2D eigenvalue weighted by Gasteiger charge is 2.44. The zero-order chi connectivity index (χ0) is 27.0. The first-order valence-corrected chi connectivity index (χ1v) is 13.2. The van der Waals surface area contributed by atoms with E-state index in [1.54, 1.807) is 4.90 Å². The van der Waals surface area contributed by atoms with E-state index in [2.05, 4.69) is 6.92 Å². The number of anilines is 1. The predicted octanol–water partition coefficient (Wildman–Crippen LogP) is 7.05. The number of carbonyl (C=O) groups is 1. The van der Waals surface area contributed by atoms with Crippen LogP contribution in [0.4, 0.5) is 5.69 Å². The highest BCUT2D eigenvalue weighted by atomic mass is 16.5. The molecule has 0 aliphatic carbocycles. The highest BCUT2D eigenvalue weighted by molar-refractivity contribution is 6.10. The molecular weight excluding hydrogens is 478 g/mol. The van der Waals surface area contributed by atoms with Crippen molar-refractivity contribution in [1.82, 2.24) is 0 Å². The first-order chi connectivity index (χ1) is 18.3. The number of ether oxygens (including phenoxy) is 2. The number of unbranched alkanes of at least 4 members (excludes halogenated alkanes) is 1. The number of amides is 1. The van der Waals surface area contributed by atoms with Crippen LogP contribution in [0.2, 0.25) is 0 Å². The van der Waals surface area contributed by atoms with Crippen molar-refractivity contribution in [1.29, 1.82) is 0 Å². The minimum atomic E-state index is -0.676. The van der Waals surface area contributed by atoms with Crippen molar-refractivity contribution in [3.8, 4) is 11.5 Å². The van der Waals surface area contributed by atoms with E-state index in [1.165, 1.54) is 0 Å². The van der Waals surface area contributed by atoms with Crippen LogP contribution < -0.4 is 19.8 Å². The fourth-order valence-electron chi connectivity index (χ4n) is 5.00. The van der Waals surface area contributed by atoms with Crippen LogP contribution in [0.3, 0.4) is 0 Å². The van der Waals surface area contributed by atoms with Gasteiger partial charge in [0, 0.05) is 5.69 Å². The lowest BCUT2D eigenvalue weighted by Gasteiger charge is -2.26. The van der Waals surface area contributed by atoms with Crippen molar-refractivity contribution in [2.75, 3.05) is 18.1 Å². The molecule has 1 unspecified atom stereocenters. The molecule has 0 bridgehead atoms. The molecule has 4 aromatic rings. The van der Waals surface area contributed by atoms with Gasteiger partial charge >= 0.3 is 0 Å². The van der Waals surface area contributed by atoms with Gasteiger partial charge in [-0.2, -0.15) is 0 Å². The average molecular weight is 512 g/mol. The Hall–Kier alpha value is -4.06. The van der Waals surface area contributed by atoms with Crippen molar-refractivity contribution in [2.45, 2.75) is 53.5 Å². The zero-order valence-corrected chi connectivity index (χ0v) is 22.6. The monoisotopic (exact) mass is 511 g/mol. The fraction of sp³-hybridized carbons (Fsp3) is 0.312. The average Bonchev–Trinajstić information content (AvgIpc) is 3.19. The number of fused-ring (bicyclic) bond motifs is 2. The molecule has 0 spiro atoms. The third-order valence-corrected chi connectivity index (χ3v) is 7.11. The molecule has 5 rings (SSSR count). The van der Waals surface area contributed by atoms with E-state index in [-0.39, 0.29) is 17.1 Å². The summed E-state index contributed by atoms with van der Waals surface area (Å²) in [7, 11) is 0. The van der Waals surface area contributed by atoms with Crippen molar-refractivity contribution in [2.24, 2.45) is 0 Å². The lowest BCUT2D eigenvalue weighted by molar-refractivity contribution is 0.0971. The van der Waals surface area contributed by atoms with Gasteiger partial charge in [0.1, 0.15) is 5.58 Å². The number of rotatable bonds is 8. The number of aryl methyl sites for hydroxylation is 3. The Labute approximate surface area is 222 Å². The van der Waals surface area contributed by atoms with Crippen LogP contribution in [0.5, 0.6) is 11.5 Å². The van der Waals surface area contributed by atoms with Gasteiger partial charge in [-0.15, -0.1) is 0 Å². The number of carbonyl (C=O) groups excluding carboxylic acids is 1. The van der Waals surface area contributed by atoms with Gasteiger partial charge in [0.05, 0.1) is 30.2 Å². The summed E-state index contributed by atoms with van der Waals surface area (Å²) < 4.78 is 18.1. The minimum absolute atomic E-state index is 0.0819. The van der Waals surface area contributed by atoms with E-state index in [4.69, 9.17) is 13.9 Å². The molecular formula is C32H33NO5. The van der Waals surface area contributed by atoms with Gasteiger partial charge in [0.2, 0.25) is 5.76 Å². The van der Waals surface area contributed by atoms with Gasteiger partial charge < -0.3 is 13.9 Å². The molecule has 6 heteroatoms. The second-order valence-corrected chi connectivity index (χ2v) is 9.86. The molecule has 1 aliphatic heterocycles. The van der Waals surface area contributed by atoms with E-state index in [9.17, 15) is 9.59 Å². The molecule has 1 aliphatic rings. The Balaban J connectivity index is 1.74. The van der Waals surface area contributed by atoms with Gasteiger partial charge in [-0.25, -0.2) is 0 Å². The molecule has 0 N–H and O–H groups in total. The van der Waals surface area contributed by atoms with E-state index in [1.807, 2.05) is 82.3 Å². The van der Waals surface area contributed by atoms with E-state index < -0.39 is 6.04 Å². The molecule has 2 heterocycles. The Kier molecular flexibility index (Phi) is 6.98. The first kappa shape index (κ1) is 25.6. The molecule has 0 radical (unpaired) electrons. The van der Waals surface area contributed by atoms with Gasteiger partial charge in [0.15, 0.2) is 16.9 Å². The summed E-state index contributed by atoms with van der Waals surface area (Å²) in [6.07, 6.45) is 1.96. The Morgan fingerprint density at radius 1 is 0.895 bits per heavy atom. The number of benzene rings is 3. The van der Waals surface area contributed by atoms with Crippen LogP contribution in [-0.4, -0.2) is 19.1 Å². The van der Waals surface area contributed by atoms with E-state index in [0.717, 1.165) is 35.1 Å². The van der Waals surface area contributed by atoms with Crippen LogP contribution >= 0.6 is 0 Å². The number of nitrogens with zero attached hydrogens (tertiary/aromatic N) is 1. The molecule has 38 heavy (non-hydrogen) atoms. The zero-order valence-electron chi connectivity index (χ0n) is 22.6. The summed E-state index contributed by atoms with van der Waals surface area (Å²) in [4.78, 5) is 29.6. The molecule has 196 valence electrons. The largest absolute Gasteiger partial charge is 0.490 e. The second kappa shape index (κ2) is 10.4. The van der Waals surface area contributed by atoms with Crippen LogP contribution in [-0.2, 0) is 0 Å². The summed E-state index contributed by atoms with van der Waals surface area (Å²) in [5, 5.41) is 0.472. The highest BCUT2D eigenvalue weighted by Crippen LogP contribution is 2.43. The lowest BCUT2D eigenvalue weighted by atomic mass is 9.96. The number of hydrogen-bond acceptors (Lipinski definition) is 5. The summed E-state index contributed by atoms with van der Waals surface area (Å²) in [6, 6.07) is 16.4. The maximum Gasteiger partial charge on any atom is 0.295 e. The third kappa shape index (κ3) is 4.44. The fourth-order valence-corrected chi connectivity index (χ4v) is 5.00. The van der Waals surface area contributed by atoms with Crippen molar-refractivity contribution in [3.05, 3.63) is 98.4 Å². The molecule has 0 fully saturated rings. The van der Waals surface area contributed by atoms with Gasteiger partial charge in [-0.3, -0.25) is 14.5 Å². The van der Waals surface area contributed by atoms with Crippen LogP contribution in [0.15, 0.2) is 63.8 Å². The Morgan fingerprint density at radius 3 is 2.42 bits per heavy atom. The van der Waals surface area contributed by atoms with Crippen LogP contribution in [0, 0.1) is 20.8 Å². The lowest BCUT2D eigenvalue weighted by Crippen LogP contribution is -2.29. The van der Waals surface area contributed by atoms with Gasteiger partial charge in [0.25, 0.3) is 5.91 Å². The van der Waals surface area contributed by atoms with E-state index in [0.29, 0.717) is 46.9 Å². The van der Waals surface area contributed by atoms with Crippen molar-refractivity contribution in [3.63, 3.8) is 0 Å². The molecule has 1 aromatic heterocycles. The molecule has 0 saturated heterocycles. The van der Waals surface area contributed by atoms with Gasteiger partial charge in [-0.1, -0.05) is 31.5 Å². The van der Waals surface area contributed by atoms with Crippen LogP contribution in [0.25, 0.3) is 11.0 Å². The van der Waals surface area contributed by atoms with E-state index >= 15 is 0 Å². The smallest absolute Gasteiger partial charge is 0.295 e. The summed E-state index contributed by atoms with van der Waals surface area (Å²) in [6.45, 7) is 11.0. The van der Waals surface area contributed by atoms with Crippen molar-refractivity contribution < 1.29 is 18.7 Å². The summed E-state index contributed by atoms with van der Waals surface area (Å²) >= 11 is 0. The quantitative estimate of drug-likeness (QED) is 0.237. The van der Waals surface area contributed by atoms with Crippen molar-refractivity contribution >= 4 is 22.6 Å². The topological polar surface area (TPSA) is 69.0 Å². The first-order valence-electron chi connectivity index (χ1n) is 13.2. The standard InChI is InChI=1S/C32H33NO5/c1-6-8-14-37-25-13-12-22(18-27(25)36-7-2)29-28-30(34)24-16-20(4)21(5)17-26(24)38-31(28)32(35)33(29)23-11-9-10-19(3)15-23/h9-13,15-18,29H,6-8,14H2,1-5H3. The third-order valence-electron chi connectivity index (χ3n) is 7.11. The van der Waals surface area contributed by atoms with Crippen LogP contribution in [0.1, 0.15) is 71.1 Å². The summed E-state index contributed by atoms with van der Waals surface area (Å²) in [5.41, 5.74) is 5.02. The molecule has 1 amide bonds. The Morgan fingerprint density at radius 2 is 1.68 bits per heavy atom. The minimum Gasteiger partial charge on any atom is -0.490 e.